The number of hydrogen-bond donors (Lipinski definition) is 0. The molecule has 1 aliphatic heterocycles. The van der Waals surface area contributed by atoms with E-state index in [-0.39, 0.29) is 35.4 Å². The third-order valence-corrected chi connectivity index (χ3v) is 8.44. The van der Waals surface area contributed by atoms with Crippen molar-refractivity contribution in [2.75, 3.05) is 39.5 Å². The Morgan fingerprint density at radius 1 is 0.915 bits per heavy atom. The molecule has 3 aromatic heterocycles. The van der Waals surface area contributed by atoms with Crippen LogP contribution in [0.3, 0.4) is 0 Å². The van der Waals surface area contributed by atoms with Crippen LogP contribution in [0, 0.1) is 11.6 Å². The summed E-state index contributed by atoms with van der Waals surface area (Å²) in [6, 6.07) is 6.82. The van der Waals surface area contributed by atoms with Crippen LogP contribution in [-0.2, 0) is 26.0 Å². The van der Waals surface area contributed by atoms with Crippen LogP contribution in [0.15, 0.2) is 42.9 Å². The number of benzene rings is 1. The molecule has 1 aliphatic carbocycles. The zero-order chi connectivity index (χ0) is 33.1. The molecule has 0 N–H and O–H groups in total. The SMILES string of the molecule is Cn1c2ccncc2c2c(F)c(F)c(-c3ccc(OC4CC(OCCCOCCCOC5CN(C(=O)OC(C)(C)C)C5)C4)nc3)cc21. The maximum Gasteiger partial charge on any atom is 0.410 e. The molecule has 4 heterocycles. The normalized spacial score (nSPS) is 18.4. The van der Waals surface area contributed by atoms with Crippen molar-refractivity contribution in [3.63, 3.8) is 0 Å². The van der Waals surface area contributed by atoms with Crippen LogP contribution in [-0.4, -0.2) is 89.0 Å². The van der Waals surface area contributed by atoms with Gasteiger partial charge in [0.05, 0.1) is 36.3 Å². The molecule has 4 aromatic rings. The second-order valence-corrected chi connectivity index (χ2v) is 13.2. The van der Waals surface area contributed by atoms with Gasteiger partial charge in [0, 0.05) is 92.9 Å². The zero-order valence-corrected chi connectivity index (χ0v) is 27.3. The number of pyridine rings is 2. The minimum atomic E-state index is -0.916. The second kappa shape index (κ2) is 14.1. The number of amides is 1. The number of ether oxygens (including phenoxy) is 5. The smallest absolute Gasteiger partial charge is 0.410 e. The lowest BCUT2D eigenvalue weighted by atomic mass is 9.92. The molecule has 252 valence electrons. The number of carbonyl (C=O) groups is 1. The lowest BCUT2D eigenvalue weighted by Crippen LogP contribution is -2.56. The number of hydrogen-bond acceptors (Lipinski definition) is 8. The summed E-state index contributed by atoms with van der Waals surface area (Å²) < 4.78 is 61.0. The predicted molar refractivity (Wildman–Crippen MR) is 172 cm³/mol. The van der Waals surface area contributed by atoms with Crippen molar-refractivity contribution in [3.05, 3.63) is 54.5 Å². The molecular formula is C35H42F2N4O6. The molecule has 1 saturated heterocycles. The highest BCUT2D eigenvalue weighted by molar-refractivity contribution is 6.09. The van der Waals surface area contributed by atoms with E-state index in [1.807, 2.05) is 32.4 Å². The first-order valence-electron chi connectivity index (χ1n) is 16.2. The monoisotopic (exact) mass is 652 g/mol. The van der Waals surface area contributed by atoms with Crippen molar-refractivity contribution in [1.29, 1.82) is 0 Å². The van der Waals surface area contributed by atoms with Crippen LogP contribution in [0.1, 0.15) is 46.5 Å². The van der Waals surface area contributed by atoms with Crippen LogP contribution in [0.4, 0.5) is 13.6 Å². The Balaban J connectivity index is 0.841. The summed E-state index contributed by atoms with van der Waals surface area (Å²) in [6.45, 7) is 9.14. The third kappa shape index (κ3) is 7.66. The van der Waals surface area contributed by atoms with Gasteiger partial charge < -0.3 is 33.2 Å². The van der Waals surface area contributed by atoms with E-state index in [0.717, 1.165) is 31.2 Å². The van der Waals surface area contributed by atoms with Crippen LogP contribution in [0.25, 0.3) is 32.9 Å². The largest absolute Gasteiger partial charge is 0.474 e. The number of likely N-dealkylation sites (tertiary alicyclic amines) is 1. The first kappa shape index (κ1) is 33.0. The van der Waals surface area contributed by atoms with Gasteiger partial charge in [0.1, 0.15) is 11.7 Å². The molecule has 2 aliphatic rings. The van der Waals surface area contributed by atoms with Gasteiger partial charge in [-0.25, -0.2) is 18.6 Å². The van der Waals surface area contributed by atoms with Gasteiger partial charge in [-0.15, -0.1) is 0 Å². The summed E-state index contributed by atoms with van der Waals surface area (Å²) in [6.07, 6.45) is 7.73. The molecule has 47 heavy (non-hydrogen) atoms. The van der Waals surface area contributed by atoms with Crippen LogP contribution < -0.4 is 4.74 Å². The van der Waals surface area contributed by atoms with E-state index in [2.05, 4.69) is 9.97 Å². The fourth-order valence-corrected chi connectivity index (χ4v) is 5.82. The molecule has 0 radical (unpaired) electrons. The van der Waals surface area contributed by atoms with Crippen molar-refractivity contribution >= 4 is 27.9 Å². The molecule has 0 bridgehead atoms. The zero-order valence-electron chi connectivity index (χ0n) is 27.3. The number of nitrogens with zero attached hydrogens (tertiary/aromatic N) is 4. The number of aromatic nitrogens is 3. The third-order valence-electron chi connectivity index (χ3n) is 8.44. The second-order valence-electron chi connectivity index (χ2n) is 13.2. The predicted octanol–water partition coefficient (Wildman–Crippen LogP) is 6.43. The lowest BCUT2D eigenvalue weighted by molar-refractivity contribution is -0.0706. The van der Waals surface area contributed by atoms with Crippen molar-refractivity contribution < 1.29 is 37.3 Å². The Labute approximate surface area is 272 Å². The van der Waals surface area contributed by atoms with Gasteiger partial charge in [0.25, 0.3) is 0 Å². The van der Waals surface area contributed by atoms with Crippen molar-refractivity contribution in [1.82, 2.24) is 19.4 Å². The number of aryl methyl sites for hydroxylation is 1. The van der Waals surface area contributed by atoms with Crippen LogP contribution >= 0.6 is 0 Å². The highest BCUT2D eigenvalue weighted by Crippen LogP contribution is 2.36. The van der Waals surface area contributed by atoms with E-state index in [1.54, 1.807) is 41.6 Å². The molecule has 6 rings (SSSR count). The molecule has 10 nitrogen and oxygen atoms in total. The van der Waals surface area contributed by atoms with Crippen LogP contribution in [0.5, 0.6) is 5.88 Å². The van der Waals surface area contributed by atoms with Gasteiger partial charge in [0.2, 0.25) is 5.88 Å². The average Bonchev–Trinajstić information content (AvgIpc) is 3.28. The molecule has 0 unspecified atom stereocenters. The Hall–Kier alpha value is -3.87. The average molecular weight is 653 g/mol. The first-order valence-corrected chi connectivity index (χ1v) is 16.2. The van der Waals surface area contributed by atoms with Gasteiger partial charge in [-0.05, 0) is 51.8 Å². The maximum absolute atomic E-state index is 15.2. The first-order chi connectivity index (χ1) is 22.6. The minimum absolute atomic E-state index is 0.00331. The summed E-state index contributed by atoms with van der Waals surface area (Å²) in [5.41, 5.74) is 1.48. The van der Waals surface area contributed by atoms with E-state index in [9.17, 15) is 4.79 Å². The quantitative estimate of drug-likeness (QED) is 0.153. The number of halogens is 2. The number of fused-ring (bicyclic) bond motifs is 3. The Morgan fingerprint density at radius 3 is 2.32 bits per heavy atom. The standard InChI is InChI=1S/C35H42F2N4O6/c1-35(2,3)47-34(42)41-20-25(21-41)45-14-6-12-43-11-5-13-44-23-15-24(16-23)46-30-8-7-22(18-39-30)26-17-29-31(33(37)32(26)36)27-19-38-10-9-28(27)40(29)4/h7-10,17-19,23-25H,5-6,11-16,20-21H2,1-4H3. The fraction of sp³-hybridized carbons (Fsp3) is 0.514. The topological polar surface area (TPSA) is 97.2 Å². The van der Waals surface area contributed by atoms with Gasteiger partial charge >= 0.3 is 6.09 Å². The molecular weight excluding hydrogens is 610 g/mol. The van der Waals surface area contributed by atoms with E-state index in [1.165, 1.54) is 6.20 Å². The Kier molecular flexibility index (Phi) is 9.90. The molecule has 0 spiro atoms. The number of carbonyl (C=O) groups excluding carboxylic acids is 1. The van der Waals surface area contributed by atoms with Crippen molar-refractivity contribution in [2.45, 2.75) is 70.4 Å². The summed E-state index contributed by atoms with van der Waals surface area (Å²) in [5, 5.41) is 0.796. The van der Waals surface area contributed by atoms with Crippen molar-refractivity contribution in [2.24, 2.45) is 7.05 Å². The molecule has 0 atom stereocenters. The summed E-state index contributed by atoms with van der Waals surface area (Å²) in [5.74, 6) is -1.38. The number of rotatable bonds is 13. The maximum atomic E-state index is 15.2. The highest BCUT2D eigenvalue weighted by atomic mass is 19.2. The van der Waals surface area contributed by atoms with E-state index in [0.29, 0.717) is 61.9 Å². The van der Waals surface area contributed by atoms with E-state index >= 15 is 8.78 Å². The molecule has 12 heteroatoms. The summed E-state index contributed by atoms with van der Waals surface area (Å²) >= 11 is 0. The Morgan fingerprint density at radius 2 is 1.64 bits per heavy atom. The minimum Gasteiger partial charge on any atom is -0.474 e. The van der Waals surface area contributed by atoms with E-state index < -0.39 is 17.2 Å². The molecule has 1 amide bonds. The highest BCUT2D eigenvalue weighted by Gasteiger charge is 2.34. The van der Waals surface area contributed by atoms with Gasteiger partial charge in [-0.1, -0.05) is 0 Å². The molecule has 1 saturated carbocycles. The van der Waals surface area contributed by atoms with Gasteiger partial charge in [0.15, 0.2) is 11.6 Å². The molecule has 2 fully saturated rings. The Bertz CT molecular complexity index is 1690. The van der Waals surface area contributed by atoms with Crippen LogP contribution in [0.2, 0.25) is 0 Å². The lowest BCUT2D eigenvalue weighted by Gasteiger charge is -2.39. The summed E-state index contributed by atoms with van der Waals surface area (Å²) in [4.78, 5) is 22.0. The van der Waals surface area contributed by atoms with Gasteiger partial charge in [-0.3, -0.25) is 4.98 Å². The van der Waals surface area contributed by atoms with Gasteiger partial charge in [-0.2, -0.15) is 0 Å². The summed E-state index contributed by atoms with van der Waals surface area (Å²) in [7, 11) is 1.82. The fourth-order valence-electron chi connectivity index (χ4n) is 5.82. The van der Waals surface area contributed by atoms with Crippen molar-refractivity contribution in [3.8, 4) is 17.0 Å². The van der Waals surface area contributed by atoms with E-state index in [4.69, 9.17) is 23.7 Å². The molecule has 1 aromatic carbocycles.